The van der Waals surface area contributed by atoms with E-state index in [2.05, 4.69) is 5.32 Å². The van der Waals surface area contributed by atoms with Gasteiger partial charge < -0.3 is 10.4 Å². The van der Waals surface area contributed by atoms with E-state index < -0.39 is 0 Å². The van der Waals surface area contributed by atoms with Crippen molar-refractivity contribution in [1.82, 2.24) is 5.32 Å². The van der Waals surface area contributed by atoms with Gasteiger partial charge in [-0.2, -0.15) is 0 Å². The molecule has 1 amide bonds. The molecule has 1 fully saturated rings. The van der Waals surface area contributed by atoms with Gasteiger partial charge in [0.05, 0.1) is 6.10 Å². The van der Waals surface area contributed by atoms with Crippen molar-refractivity contribution in [2.75, 3.05) is 6.54 Å². The van der Waals surface area contributed by atoms with Gasteiger partial charge in [-0.3, -0.25) is 4.79 Å². The zero-order valence-electron chi connectivity index (χ0n) is 12.2. The van der Waals surface area contributed by atoms with Gasteiger partial charge in [-0.15, -0.1) is 0 Å². The van der Waals surface area contributed by atoms with Gasteiger partial charge in [0.25, 0.3) is 0 Å². The first-order valence-corrected chi connectivity index (χ1v) is 7.34. The molecule has 0 aromatic carbocycles. The summed E-state index contributed by atoms with van der Waals surface area (Å²) in [6.07, 6.45) is 7.25. The maximum absolute atomic E-state index is 11.6. The van der Waals surface area contributed by atoms with Crippen molar-refractivity contribution in [3.8, 4) is 0 Å². The van der Waals surface area contributed by atoms with Crippen LogP contribution in [0.5, 0.6) is 0 Å². The minimum atomic E-state index is -0.354. The fourth-order valence-corrected chi connectivity index (χ4v) is 2.50. The second-order valence-electron chi connectivity index (χ2n) is 6.71. The molecule has 0 spiro atoms. The summed E-state index contributed by atoms with van der Waals surface area (Å²) >= 11 is 0. The number of amides is 1. The molecule has 3 heteroatoms. The number of aliphatic hydroxyl groups excluding tert-OH is 1. The lowest BCUT2D eigenvalue weighted by Gasteiger charge is -2.25. The second-order valence-corrected chi connectivity index (χ2v) is 6.71. The van der Waals surface area contributed by atoms with Crippen LogP contribution in [0.4, 0.5) is 0 Å². The average Bonchev–Trinajstić information content (AvgIpc) is 2.77. The third-order valence-corrected chi connectivity index (χ3v) is 3.99. The average molecular weight is 255 g/mol. The van der Waals surface area contributed by atoms with E-state index in [1.54, 1.807) is 0 Å². The van der Waals surface area contributed by atoms with Crippen LogP contribution in [0, 0.1) is 11.3 Å². The normalized spacial score (nSPS) is 18.9. The summed E-state index contributed by atoms with van der Waals surface area (Å²) in [6.45, 7) is 6.63. The molecule has 18 heavy (non-hydrogen) atoms. The number of hydrogen-bond donors (Lipinski definition) is 2. The van der Waals surface area contributed by atoms with E-state index in [9.17, 15) is 9.90 Å². The lowest BCUT2D eigenvalue weighted by atomic mass is 9.87. The third kappa shape index (κ3) is 5.85. The van der Waals surface area contributed by atoms with Crippen molar-refractivity contribution >= 4 is 5.91 Å². The number of aliphatic hydroxyl groups is 1. The van der Waals surface area contributed by atoms with Crippen LogP contribution in [0.15, 0.2) is 0 Å². The van der Waals surface area contributed by atoms with Gasteiger partial charge >= 0.3 is 0 Å². The van der Waals surface area contributed by atoms with E-state index in [1.165, 1.54) is 25.7 Å². The van der Waals surface area contributed by atoms with Crippen LogP contribution in [-0.4, -0.2) is 23.7 Å². The van der Waals surface area contributed by atoms with Crippen LogP contribution in [0.2, 0.25) is 0 Å². The van der Waals surface area contributed by atoms with E-state index in [4.69, 9.17) is 0 Å². The highest BCUT2D eigenvalue weighted by Gasteiger charge is 2.21. The first kappa shape index (κ1) is 15.5. The predicted molar refractivity (Wildman–Crippen MR) is 74.3 cm³/mol. The van der Waals surface area contributed by atoms with Crippen molar-refractivity contribution in [3.63, 3.8) is 0 Å². The number of rotatable bonds is 6. The Morgan fingerprint density at radius 3 is 2.50 bits per heavy atom. The Labute approximate surface area is 111 Å². The van der Waals surface area contributed by atoms with Crippen molar-refractivity contribution in [3.05, 3.63) is 0 Å². The van der Waals surface area contributed by atoms with Crippen LogP contribution < -0.4 is 5.32 Å². The SMILES string of the molecule is CC(C)(C)C(O)CCNC(=O)CCC1CCCC1. The van der Waals surface area contributed by atoms with E-state index in [0.717, 1.165) is 12.3 Å². The van der Waals surface area contributed by atoms with Gasteiger partial charge in [0.2, 0.25) is 5.91 Å². The minimum absolute atomic E-state index is 0.103. The zero-order valence-corrected chi connectivity index (χ0v) is 12.2. The zero-order chi connectivity index (χ0) is 13.6. The molecule has 1 rings (SSSR count). The van der Waals surface area contributed by atoms with Gasteiger partial charge in [0.1, 0.15) is 0 Å². The molecule has 1 unspecified atom stereocenters. The van der Waals surface area contributed by atoms with Crippen LogP contribution in [0.25, 0.3) is 0 Å². The lowest BCUT2D eigenvalue weighted by Crippen LogP contribution is -2.32. The van der Waals surface area contributed by atoms with Gasteiger partial charge in [0.15, 0.2) is 0 Å². The molecular weight excluding hydrogens is 226 g/mol. The molecule has 0 bridgehead atoms. The quantitative estimate of drug-likeness (QED) is 0.766. The number of nitrogens with one attached hydrogen (secondary N) is 1. The molecule has 2 N–H and O–H groups in total. The van der Waals surface area contributed by atoms with Crippen molar-refractivity contribution in [1.29, 1.82) is 0 Å². The number of carbonyl (C=O) groups excluding carboxylic acids is 1. The molecule has 0 saturated heterocycles. The van der Waals surface area contributed by atoms with Crippen LogP contribution in [0.3, 0.4) is 0 Å². The molecule has 1 saturated carbocycles. The summed E-state index contributed by atoms with van der Waals surface area (Å²) in [5.41, 5.74) is -0.103. The van der Waals surface area contributed by atoms with Gasteiger partial charge in [0, 0.05) is 13.0 Å². The molecule has 0 heterocycles. The Kier molecular flexibility index (Phi) is 6.13. The molecule has 106 valence electrons. The molecule has 1 aliphatic rings. The molecule has 1 atom stereocenters. The maximum Gasteiger partial charge on any atom is 0.220 e. The summed E-state index contributed by atoms with van der Waals surface area (Å²) in [6, 6.07) is 0. The summed E-state index contributed by atoms with van der Waals surface area (Å²) in [7, 11) is 0. The topological polar surface area (TPSA) is 49.3 Å². The van der Waals surface area contributed by atoms with Crippen molar-refractivity contribution in [2.45, 2.75) is 71.8 Å². The largest absolute Gasteiger partial charge is 0.393 e. The highest BCUT2D eigenvalue weighted by Crippen LogP contribution is 2.28. The van der Waals surface area contributed by atoms with Crippen LogP contribution >= 0.6 is 0 Å². The first-order valence-electron chi connectivity index (χ1n) is 7.34. The third-order valence-electron chi connectivity index (χ3n) is 3.99. The van der Waals surface area contributed by atoms with Gasteiger partial charge in [-0.05, 0) is 24.2 Å². The smallest absolute Gasteiger partial charge is 0.220 e. The monoisotopic (exact) mass is 255 g/mol. The van der Waals surface area contributed by atoms with Crippen LogP contribution in [0.1, 0.15) is 65.7 Å². The van der Waals surface area contributed by atoms with Crippen molar-refractivity contribution in [2.24, 2.45) is 11.3 Å². The highest BCUT2D eigenvalue weighted by atomic mass is 16.3. The Bertz CT molecular complexity index is 252. The predicted octanol–water partition coefficient (Wildman–Crippen LogP) is 2.87. The van der Waals surface area contributed by atoms with E-state index in [-0.39, 0.29) is 17.4 Å². The van der Waals surface area contributed by atoms with E-state index in [1.807, 2.05) is 20.8 Å². The first-order chi connectivity index (χ1) is 8.39. The Hall–Kier alpha value is -0.570. The molecule has 0 aliphatic heterocycles. The lowest BCUT2D eigenvalue weighted by molar-refractivity contribution is -0.121. The number of hydrogen-bond acceptors (Lipinski definition) is 2. The minimum Gasteiger partial charge on any atom is -0.393 e. The molecule has 1 aliphatic carbocycles. The Morgan fingerprint density at radius 1 is 1.33 bits per heavy atom. The second kappa shape index (κ2) is 7.13. The molecule has 0 aromatic rings. The van der Waals surface area contributed by atoms with Gasteiger partial charge in [-0.1, -0.05) is 46.5 Å². The molecule has 0 radical (unpaired) electrons. The fourth-order valence-electron chi connectivity index (χ4n) is 2.50. The Balaban J connectivity index is 2.06. The fraction of sp³-hybridized carbons (Fsp3) is 0.933. The standard InChI is InChI=1S/C15H29NO2/c1-15(2,3)13(17)10-11-16-14(18)9-8-12-6-4-5-7-12/h12-13,17H,4-11H2,1-3H3,(H,16,18). The van der Waals surface area contributed by atoms with Crippen molar-refractivity contribution < 1.29 is 9.90 Å². The van der Waals surface area contributed by atoms with Crippen LogP contribution in [-0.2, 0) is 4.79 Å². The summed E-state index contributed by atoms with van der Waals surface area (Å²) in [5, 5.41) is 12.8. The van der Waals surface area contributed by atoms with E-state index in [0.29, 0.717) is 19.4 Å². The highest BCUT2D eigenvalue weighted by molar-refractivity contribution is 5.75. The number of carbonyl (C=O) groups is 1. The molecular formula is C15H29NO2. The molecule has 3 nitrogen and oxygen atoms in total. The van der Waals surface area contributed by atoms with Gasteiger partial charge in [-0.25, -0.2) is 0 Å². The summed E-state index contributed by atoms with van der Waals surface area (Å²) in [4.78, 5) is 11.6. The summed E-state index contributed by atoms with van der Waals surface area (Å²) < 4.78 is 0. The van der Waals surface area contributed by atoms with E-state index >= 15 is 0 Å². The summed E-state index contributed by atoms with van der Waals surface area (Å²) in [5.74, 6) is 0.916. The Morgan fingerprint density at radius 2 is 1.94 bits per heavy atom. The maximum atomic E-state index is 11.6. The molecule has 0 aromatic heterocycles.